The fourth-order valence-electron chi connectivity index (χ4n) is 3.21. The van der Waals surface area contributed by atoms with Gasteiger partial charge in [0.15, 0.2) is 16.4 Å². The summed E-state index contributed by atoms with van der Waals surface area (Å²) in [5.41, 5.74) is -0.0869. The number of fused-ring (bicyclic) bond motifs is 1. The Balaban J connectivity index is 1.42. The van der Waals surface area contributed by atoms with Crippen molar-refractivity contribution in [3.63, 3.8) is 0 Å². The van der Waals surface area contributed by atoms with Crippen LogP contribution in [0.15, 0.2) is 57.9 Å². The van der Waals surface area contributed by atoms with Crippen LogP contribution < -0.4 is 20.2 Å². The molecule has 2 aromatic carbocycles. The van der Waals surface area contributed by atoms with Crippen molar-refractivity contribution < 1.29 is 27.1 Å². The van der Waals surface area contributed by atoms with E-state index in [1.807, 2.05) is 0 Å². The van der Waals surface area contributed by atoms with Gasteiger partial charge in [-0.05, 0) is 42.8 Å². The Bertz CT molecular complexity index is 1290. The quantitative estimate of drug-likeness (QED) is 0.598. The molecule has 1 fully saturated rings. The monoisotopic (exact) mass is 463 g/mol. The summed E-state index contributed by atoms with van der Waals surface area (Å²) in [6.07, 6.45) is 1.60. The van der Waals surface area contributed by atoms with Crippen LogP contribution in [0.2, 0.25) is 5.02 Å². The molecule has 0 unspecified atom stereocenters. The van der Waals surface area contributed by atoms with Crippen LogP contribution in [0.25, 0.3) is 11.0 Å². The lowest BCUT2D eigenvalue weighted by Crippen LogP contribution is -2.38. The molecule has 8 nitrogen and oxygen atoms in total. The number of hydrogen-bond acceptors (Lipinski definition) is 7. The molecule has 1 atom stereocenters. The number of carbonyl (C=O) groups is 1. The van der Waals surface area contributed by atoms with Gasteiger partial charge in [0.25, 0.3) is 5.91 Å². The summed E-state index contributed by atoms with van der Waals surface area (Å²) in [6, 6.07) is 10.7. The summed E-state index contributed by atoms with van der Waals surface area (Å²) < 4.78 is 39.4. The molecule has 1 aliphatic rings. The first-order valence-electron chi connectivity index (χ1n) is 9.41. The molecule has 0 bridgehead atoms. The fourth-order valence-corrected chi connectivity index (χ4v) is 5.01. The van der Waals surface area contributed by atoms with Crippen molar-refractivity contribution in [2.75, 3.05) is 18.1 Å². The van der Waals surface area contributed by atoms with Gasteiger partial charge in [0.2, 0.25) is 11.2 Å². The molecule has 162 valence electrons. The second kappa shape index (κ2) is 8.60. The highest BCUT2D eigenvalue weighted by molar-refractivity contribution is 7.91. The van der Waals surface area contributed by atoms with Crippen LogP contribution in [0.5, 0.6) is 17.2 Å². The Morgan fingerprint density at radius 1 is 1.16 bits per heavy atom. The minimum atomic E-state index is -3.08. The zero-order chi connectivity index (χ0) is 22.0. The number of rotatable bonds is 6. The molecule has 0 saturated carbocycles. The molecule has 4 rings (SSSR count). The molecule has 1 saturated heterocycles. The van der Waals surface area contributed by atoms with Crippen LogP contribution in [0.4, 0.5) is 0 Å². The molecule has 3 aromatic rings. The molecule has 2 heterocycles. The average molecular weight is 464 g/mol. The third-order valence-electron chi connectivity index (χ3n) is 4.72. The number of benzene rings is 2. The summed E-state index contributed by atoms with van der Waals surface area (Å²) in [5, 5.41) is 3.48. The van der Waals surface area contributed by atoms with E-state index in [1.54, 1.807) is 30.3 Å². The summed E-state index contributed by atoms with van der Waals surface area (Å²) in [4.78, 5) is 24.7. The maximum absolute atomic E-state index is 12.7. The number of hydrogen-bond donors (Lipinski definition) is 1. The molecule has 1 amide bonds. The summed E-state index contributed by atoms with van der Waals surface area (Å²) in [6.45, 7) is -0.288. The number of amides is 1. The van der Waals surface area contributed by atoms with Gasteiger partial charge >= 0.3 is 0 Å². The third kappa shape index (κ3) is 5.18. The second-order valence-corrected chi connectivity index (χ2v) is 9.76. The molecule has 1 aliphatic heterocycles. The molecular formula is C21H18ClNO7S. The van der Waals surface area contributed by atoms with Gasteiger partial charge in [-0.1, -0.05) is 11.6 Å². The van der Waals surface area contributed by atoms with Crippen LogP contribution >= 0.6 is 11.6 Å². The van der Waals surface area contributed by atoms with E-state index in [0.717, 1.165) is 0 Å². The lowest BCUT2D eigenvalue weighted by Gasteiger charge is -2.12. The van der Waals surface area contributed by atoms with Crippen molar-refractivity contribution in [3.05, 3.63) is 64.0 Å². The Morgan fingerprint density at radius 2 is 1.90 bits per heavy atom. The SMILES string of the molecule is O=C(COc1ccc2c(=O)c(Oc3ccc(Cl)cc3)coc2c1)N[C@@H]1CCS(=O)(=O)C1. The highest BCUT2D eigenvalue weighted by Gasteiger charge is 2.28. The van der Waals surface area contributed by atoms with Gasteiger partial charge in [-0.15, -0.1) is 0 Å². The van der Waals surface area contributed by atoms with Crippen molar-refractivity contribution in [2.24, 2.45) is 0 Å². The Labute approximate surface area is 182 Å². The second-order valence-electron chi connectivity index (χ2n) is 7.10. The van der Waals surface area contributed by atoms with E-state index < -0.39 is 21.8 Å². The molecular weight excluding hydrogens is 446 g/mol. The first kappa shape index (κ1) is 21.2. The smallest absolute Gasteiger partial charge is 0.258 e. The van der Waals surface area contributed by atoms with E-state index in [-0.39, 0.29) is 34.9 Å². The van der Waals surface area contributed by atoms with Gasteiger partial charge in [0.05, 0.1) is 16.9 Å². The van der Waals surface area contributed by atoms with Crippen LogP contribution in [-0.2, 0) is 14.6 Å². The van der Waals surface area contributed by atoms with Crippen molar-refractivity contribution in [1.82, 2.24) is 5.32 Å². The molecule has 0 spiro atoms. The Hall–Kier alpha value is -3.04. The number of carbonyl (C=O) groups excluding carboxylic acids is 1. The highest BCUT2D eigenvalue weighted by Crippen LogP contribution is 2.25. The largest absolute Gasteiger partial charge is 0.484 e. The van der Waals surface area contributed by atoms with Crippen molar-refractivity contribution in [1.29, 1.82) is 0 Å². The number of ether oxygens (including phenoxy) is 2. The van der Waals surface area contributed by atoms with Gasteiger partial charge in [-0.25, -0.2) is 8.42 Å². The van der Waals surface area contributed by atoms with E-state index in [9.17, 15) is 18.0 Å². The van der Waals surface area contributed by atoms with Gasteiger partial charge in [-0.2, -0.15) is 0 Å². The molecule has 0 radical (unpaired) electrons. The van der Waals surface area contributed by atoms with E-state index in [2.05, 4.69) is 5.32 Å². The highest BCUT2D eigenvalue weighted by atomic mass is 35.5. The number of halogens is 1. The molecule has 0 aliphatic carbocycles. The lowest BCUT2D eigenvalue weighted by atomic mass is 10.2. The molecule has 1 N–H and O–H groups in total. The molecule has 31 heavy (non-hydrogen) atoms. The number of sulfone groups is 1. The fraction of sp³-hybridized carbons (Fsp3) is 0.238. The van der Waals surface area contributed by atoms with Crippen LogP contribution in [-0.4, -0.2) is 38.5 Å². The normalized spacial score (nSPS) is 17.4. The zero-order valence-electron chi connectivity index (χ0n) is 16.2. The van der Waals surface area contributed by atoms with E-state index >= 15 is 0 Å². The topological polar surface area (TPSA) is 112 Å². The van der Waals surface area contributed by atoms with Crippen LogP contribution in [0, 0.1) is 0 Å². The Kier molecular flexibility index (Phi) is 5.88. The van der Waals surface area contributed by atoms with E-state index in [1.165, 1.54) is 18.4 Å². The first-order valence-corrected chi connectivity index (χ1v) is 11.6. The van der Waals surface area contributed by atoms with Crippen molar-refractivity contribution in [2.45, 2.75) is 12.5 Å². The van der Waals surface area contributed by atoms with E-state index in [4.69, 9.17) is 25.5 Å². The van der Waals surface area contributed by atoms with Crippen molar-refractivity contribution in [3.8, 4) is 17.2 Å². The predicted molar refractivity (Wildman–Crippen MR) is 115 cm³/mol. The molecule has 10 heteroatoms. The van der Waals surface area contributed by atoms with Crippen LogP contribution in [0.1, 0.15) is 6.42 Å². The first-order chi connectivity index (χ1) is 14.8. The van der Waals surface area contributed by atoms with Crippen LogP contribution in [0.3, 0.4) is 0 Å². The standard InChI is InChI=1S/C21H18ClNO7S/c22-13-1-3-15(4-2-13)30-19-10-29-18-9-16(5-6-17(18)21(19)25)28-11-20(24)23-14-7-8-31(26,27)12-14/h1-6,9-10,14H,7-8,11-12H2,(H,23,24)/t14-/m1/s1. The van der Waals surface area contributed by atoms with E-state index in [0.29, 0.717) is 28.3 Å². The number of nitrogens with one attached hydrogen (secondary N) is 1. The Morgan fingerprint density at radius 3 is 2.61 bits per heavy atom. The van der Waals surface area contributed by atoms with Gasteiger partial charge < -0.3 is 19.2 Å². The maximum atomic E-state index is 12.7. The van der Waals surface area contributed by atoms with Crippen molar-refractivity contribution >= 4 is 38.3 Å². The minimum Gasteiger partial charge on any atom is -0.484 e. The maximum Gasteiger partial charge on any atom is 0.258 e. The van der Waals surface area contributed by atoms with Gasteiger partial charge in [0, 0.05) is 17.1 Å². The molecule has 1 aromatic heterocycles. The predicted octanol–water partition coefficient (Wildman–Crippen LogP) is 2.92. The van der Waals surface area contributed by atoms with Gasteiger partial charge in [-0.3, -0.25) is 9.59 Å². The lowest BCUT2D eigenvalue weighted by molar-refractivity contribution is -0.123. The average Bonchev–Trinajstić information content (AvgIpc) is 3.08. The third-order valence-corrected chi connectivity index (χ3v) is 6.74. The minimum absolute atomic E-state index is 0.0226. The van der Waals surface area contributed by atoms with Gasteiger partial charge in [0.1, 0.15) is 23.3 Å². The summed E-state index contributed by atoms with van der Waals surface area (Å²) >= 11 is 5.84. The zero-order valence-corrected chi connectivity index (χ0v) is 17.7. The summed E-state index contributed by atoms with van der Waals surface area (Å²) in [7, 11) is -3.08. The summed E-state index contributed by atoms with van der Waals surface area (Å²) in [5.74, 6) is 0.394.